The molecule has 12 aromatic rings. The molecule has 0 saturated heterocycles. The lowest BCUT2D eigenvalue weighted by Crippen LogP contribution is -1.96. The summed E-state index contributed by atoms with van der Waals surface area (Å²) in [5, 5.41) is 7.03. The van der Waals surface area contributed by atoms with Crippen molar-refractivity contribution in [3.63, 3.8) is 0 Å². The normalized spacial score (nSPS) is 11.9. The van der Waals surface area contributed by atoms with E-state index in [2.05, 4.69) is 174 Å². The first-order valence-electron chi connectivity index (χ1n) is 19.1. The predicted molar refractivity (Wildman–Crippen MR) is 238 cm³/mol. The van der Waals surface area contributed by atoms with Crippen LogP contribution >= 0.6 is 11.3 Å². The highest BCUT2D eigenvalue weighted by atomic mass is 32.1. The second-order valence-electron chi connectivity index (χ2n) is 14.5. The average Bonchev–Trinajstić information content (AvgIpc) is 3.95. The second-order valence-corrected chi connectivity index (χ2v) is 15.6. The predicted octanol–water partition coefficient (Wildman–Crippen LogP) is 14.5. The Hall–Kier alpha value is -7.34. The Kier molecular flexibility index (Phi) is 7.06. The Labute approximate surface area is 331 Å². The van der Waals surface area contributed by atoms with Crippen molar-refractivity contribution < 1.29 is 4.42 Å². The molecule has 0 unspecified atom stereocenters. The summed E-state index contributed by atoms with van der Waals surface area (Å²) in [6.07, 6.45) is 0. The molecule has 0 atom stereocenters. The van der Waals surface area contributed by atoms with Crippen molar-refractivity contribution in [1.29, 1.82) is 0 Å². The maximum absolute atomic E-state index is 6.18. The molecule has 0 aliphatic carbocycles. The van der Waals surface area contributed by atoms with Crippen molar-refractivity contribution in [3.8, 4) is 50.7 Å². The molecule has 4 nitrogen and oxygen atoms in total. The van der Waals surface area contributed by atoms with E-state index in [0.29, 0.717) is 5.82 Å². The highest BCUT2D eigenvalue weighted by Crippen LogP contribution is 2.43. The molecular weight excluding hydrogens is 715 g/mol. The van der Waals surface area contributed by atoms with Crippen molar-refractivity contribution in [1.82, 2.24) is 14.5 Å². The lowest BCUT2D eigenvalue weighted by atomic mass is 9.99. The Morgan fingerprint density at radius 2 is 1.05 bits per heavy atom. The molecule has 0 aliphatic rings. The van der Waals surface area contributed by atoms with Crippen molar-refractivity contribution >= 4 is 75.3 Å². The number of thiophene rings is 1. The highest BCUT2D eigenvalue weighted by Gasteiger charge is 2.19. The molecule has 0 radical (unpaired) electrons. The molecule has 0 bridgehead atoms. The SMILES string of the molecule is c1ccc(-c2cc(-c3ccc4oc5ccccc5c4c3)nc(-c3cccc4sc5ccc(-c6ccc7c(c6)c6ccccc6n7-c6ccccc6)cc5c34)n2)cc1. The Balaban J connectivity index is 1.04. The van der Waals surface area contributed by atoms with Crippen LogP contribution in [0.15, 0.2) is 192 Å². The van der Waals surface area contributed by atoms with Crippen LogP contribution in [-0.4, -0.2) is 14.5 Å². The molecule has 4 aromatic heterocycles. The fourth-order valence-corrected chi connectivity index (χ4v) is 9.67. The van der Waals surface area contributed by atoms with Crippen molar-refractivity contribution in [3.05, 3.63) is 188 Å². The first-order chi connectivity index (χ1) is 28.2. The molecule has 0 saturated carbocycles. The number of benzene rings is 8. The van der Waals surface area contributed by atoms with Gasteiger partial charge in [0, 0.05) is 64.1 Å². The van der Waals surface area contributed by atoms with E-state index < -0.39 is 0 Å². The summed E-state index contributed by atoms with van der Waals surface area (Å²) in [4.78, 5) is 10.6. The van der Waals surface area contributed by atoms with Gasteiger partial charge in [-0.1, -0.05) is 109 Å². The van der Waals surface area contributed by atoms with E-state index in [0.717, 1.165) is 55.7 Å². The molecule has 57 heavy (non-hydrogen) atoms. The van der Waals surface area contributed by atoms with E-state index in [1.165, 1.54) is 53.1 Å². The van der Waals surface area contributed by atoms with Crippen LogP contribution in [0, 0.1) is 0 Å². The number of para-hydroxylation sites is 3. The molecular formula is C52H31N3OS. The Morgan fingerprint density at radius 3 is 1.91 bits per heavy atom. The van der Waals surface area contributed by atoms with Crippen LogP contribution in [0.4, 0.5) is 0 Å². The van der Waals surface area contributed by atoms with Crippen molar-refractivity contribution in [2.75, 3.05) is 0 Å². The third-order valence-corrected chi connectivity index (χ3v) is 12.4. The summed E-state index contributed by atoms with van der Waals surface area (Å²) in [5.41, 5.74) is 12.5. The molecule has 0 aliphatic heterocycles. The van der Waals surface area contributed by atoms with Crippen LogP contribution in [0.3, 0.4) is 0 Å². The van der Waals surface area contributed by atoms with Gasteiger partial charge in [0.25, 0.3) is 0 Å². The van der Waals surface area contributed by atoms with Gasteiger partial charge in [-0.05, 0) is 90.0 Å². The number of furan rings is 1. The number of hydrogen-bond acceptors (Lipinski definition) is 4. The standard InChI is InChI=1S/C52H31N3OS/c1-3-12-32(13-4-1)43-31-44(35-23-26-48-41(30-35)38-17-8-10-20-47(38)56-48)54-52(53-43)39-18-11-21-50-51(39)42-29-34(24-27-49(42)57-50)33-22-25-46-40(28-33)37-16-7-9-19-45(37)55(46)36-14-5-2-6-15-36/h1-31H. The molecule has 0 N–H and O–H groups in total. The minimum absolute atomic E-state index is 0.703. The van der Waals surface area contributed by atoms with Crippen LogP contribution in [0.2, 0.25) is 0 Å². The molecule has 0 spiro atoms. The average molecular weight is 746 g/mol. The van der Waals surface area contributed by atoms with E-state index in [1.54, 1.807) is 0 Å². The van der Waals surface area contributed by atoms with Gasteiger partial charge < -0.3 is 8.98 Å². The quantitative estimate of drug-likeness (QED) is 0.176. The van der Waals surface area contributed by atoms with Gasteiger partial charge >= 0.3 is 0 Å². The smallest absolute Gasteiger partial charge is 0.161 e. The monoisotopic (exact) mass is 745 g/mol. The first-order valence-corrected chi connectivity index (χ1v) is 20.0. The van der Waals surface area contributed by atoms with Gasteiger partial charge in [0.1, 0.15) is 11.2 Å². The van der Waals surface area contributed by atoms with E-state index in [1.807, 2.05) is 29.5 Å². The van der Waals surface area contributed by atoms with Crippen molar-refractivity contribution in [2.45, 2.75) is 0 Å². The number of hydrogen-bond donors (Lipinski definition) is 0. The zero-order valence-electron chi connectivity index (χ0n) is 30.6. The lowest BCUT2D eigenvalue weighted by Gasteiger charge is -2.11. The third kappa shape index (κ3) is 5.13. The zero-order chi connectivity index (χ0) is 37.5. The third-order valence-electron chi connectivity index (χ3n) is 11.2. The van der Waals surface area contributed by atoms with E-state index in [-0.39, 0.29) is 0 Å². The number of aromatic nitrogens is 3. The lowest BCUT2D eigenvalue weighted by molar-refractivity contribution is 0.669. The maximum atomic E-state index is 6.18. The number of rotatable bonds is 5. The van der Waals surface area contributed by atoms with Crippen LogP contribution in [-0.2, 0) is 0 Å². The van der Waals surface area contributed by atoms with Crippen LogP contribution in [0.25, 0.3) is 115 Å². The van der Waals surface area contributed by atoms with Crippen LogP contribution in [0.5, 0.6) is 0 Å². The fraction of sp³-hybridized carbons (Fsp3) is 0. The molecule has 4 heterocycles. The number of fused-ring (bicyclic) bond motifs is 9. The van der Waals surface area contributed by atoms with Gasteiger partial charge in [-0.15, -0.1) is 11.3 Å². The van der Waals surface area contributed by atoms with Gasteiger partial charge in [-0.2, -0.15) is 0 Å². The number of nitrogens with zero attached hydrogens (tertiary/aromatic N) is 3. The fourth-order valence-electron chi connectivity index (χ4n) is 8.56. The van der Waals surface area contributed by atoms with E-state index in [9.17, 15) is 0 Å². The van der Waals surface area contributed by atoms with Crippen molar-refractivity contribution in [2.24, 2.45) is 0 Å². The molecule has 266 valence electrons. The Bertz CT molecular complexity index is 3520. The molecule has 5 heteroatoms. The highest BCUT2D eigenvalue weighted by molar-refractivity contribution is 7.26. The second kappa shape index (κ2) is 12.6. The van der Waals surface area contributed by atoms with Crippen LogP contribution in [0.1, 0.15) is 0 Å². The molecule has 0 fully saturated rings. The van der Waals surface area contributed by atoms with Gasteiger partial charge in [0.2, 0.25) is 0 Å². The first kappa shape index (κ1) is 32.0. The summed E-state index contributed by atoms with van der Waals surface area (Å²) in [6.45, 7) is 0. The molecule has 0 amide bonds. The summed E-state index contributed by atoms with van der Waals surface area (Å²) in [6, 6.07) is 66.7. The topological polar surface area (TPSA) is 43.9 Å². The summed E-state index contributed by atoms with van der Waals surface area (Å²) >= 11 is 1.82. The zero-order valence-corrected chi connectivity index (χ0v) is 31.4. The van der Waals surface area contributed by atoms with E-state index >= 15 is 0 Å². The minimum Gasteiger partial charge on any atom is -0.456 e. The summed E-state index contributed by atoms with van der Waals surface area (Å²) in [5.74, 6) is 0.703. The van der Waals surface area contributed by atoms with Gasteiger partial charge in [0.15, 0.2) is 5.82 Å². The van der Waals surface area contributed by atoms with Gasteiger partial charge in [0.05, 0.1) is 22.4 Å². The molecule has 8 aromatic carbocycles. The summed E-state index contributed by atoms with van der Waals surface area (Å²) in [7, 11) is 0. The van der Waals surface area contributed by atoms with Gasteiger partial charge in [-0.3, -0.25) is 0 Å². The van der Waals surface area contributed by atoms with E-state index in [4.69, 9.17) is 14.4 Å². The minimum atomic E-state index is 0.703. The van der Waals surface area contributed by atoms with Gasteiger partial charge in [-0.25, -0.2) is 9.97 Å². The molecule has 12 rings (SSSR count). The maximum Gasteiger partial charge on any atom is 0.161 e. The summed E-state index contributed by atoms with van der Waals surface area (Å²) < 4.78 is 11.0. The Morgan fingerprint density at radius 1 is 0.404 bits per heavy atom. The van der Waals surface area contributed by atoms with Crippen LogP contribution < -0.4 is 0 Å². The largest absolute Gasteiger partial charge is 0.456 e.